The minimum atomic E-state index is 0.0733. The summed E-state index contributed by atoms with van der Waals surface area (Å²) in [6.45, 7) is 9.19. The molecule has 1 saturated heterocycles. The van der Waals surface area contributed by atoms with Crippen molar-refractivity contribution in [1.82, 2.24) is 19.8 Å². The third kappa shape index (κ3) is 3.14. The lowest BCUT2D eigenvalue weighted by Gasteiger charge is -2.43. The van der Waals surface area contributed by atoms with Gasteiger partial charge in [-0.15, -0.1) is 0 Å². The fourth-order valence-electron chi connectivity index (χ4n) is 3.28. The molecule has 2 fully saturated rings. The molecule has 0 bridgehead atoms. The van der Waals surface area contributed by atoms with Gasteiger partial charge in [0.05, 0.1) is 5.56 Å². The molecule has 0 spiro atoms. The van der Waals surface area contributed by atoms with E-state index in [1.807, 2.05) is 4.90 Å². The number of hydrogen-bond donors (Lipinski definition) is 0. The molecule has 1 saturated carbocycles. The summed E-state index contributed by atoms with van der Waals surface area (Å²) < 4.78 is 0. The minimum absolute atomic E-state index is 0.0733. The van der Waals surface area contributed by atoms with Crippen LogP contribution in [0.3, 0.4) is 0 Å². The SMILES string of the molecule is CC[C@H]1CN(C(=O)c2cnc(C3CC3)nc2)CCN1C(C)C. The first-order valence-electron chi connectivity index (χ1n) is 8.47. The Hall–Kier alpha value is -1.49. The predicted molar refractivity (Wildman–Crippen MR) is 85.8 cm³/mol. The third-order valence-electron chi connectivity index (χ3n) is 4.81. The molecule has 2 aliphatic rings. The van der Waals surface area contributed by atoms with Crippen LogP contribution < -0.4 is 0 Å². The van der Waals surface area contributed by atoms with E-state index in [-0.39, 0.29) is 5.91 Å². The van der Waals surface area contributed by atoms with Crippen molar-refractivity contribution in [2.75, 3.05) is 19.6 Å². The zero-order valence-corrected chi connectivity index (χ0v) is 13.8. The highest BCUT2D eigenvalue weighted by Gasteiger charge is 2.31. The number of hydrogen-bond acceptors (Lipinski definition) is 4. The molecule has 1 aromatic rings. The summed E-state index contributed by atoms with van der Waals surface area (Å²) in [7, 11) is 0. The van der Waals surface area contributed by atoms with Crippen molar-refractivity contribution in [3.8, 4) is 0 Å². The highest BCUT2D eigenvalue weighted by atomic mass is 16.2. The van der Waals surface area contributed by atoms with Gasteiger partial charge in [0.15, 0.2) is 0 Å². The molecule has 0 unspecified atom stereocenters. The highest BCUT2D eigenvalue weighted by Crippen LogP contribution is 2.37. The van der Waals surface area contributed by atoms with Gasteiger partial charge in [0.2, 0.25) is 0 Å². The Labute approximate surface area is 132 Å². The number of piperazine rings is 1. The van der Waals surface area contributed by atoms with E-state index in [1.165, 1.54) is 12.8 Å². The van der Waals surface area contributed by atoms with Crippen LogP contribution in [-0.4, -0.2) is 57.4 Å². The van der Waals surface area contributed by atoms with Gasteiger partial charge >= 0.3 is 0 Å². The fourth-order valence-corrected chi connectivity index (χ4v) is 3.28. The molecular formula is C17H26N4O. The Morgan fingerprint density at radius 3 is 2.50 bits per heavy atom. The summed E-state index contributed by atoms with van der Waals surface area (Å²) >= 11 is 0. The van der Waals surface area contributed by atoms with Gasteiger partial charge < -0.3 is 4.90 Å². The first-order chi connectivity index (χ1) is 10.6. The number of carbonyl (C=O) groups is 1. The largest absolute Gasteiger partial charge is 0.336 e. The van der Waals surface area contributed by atoms with Gasteiger partial charge in [-0.2, -0.15) is 0 Å². The molecule has 3 rings (SSSR count). The van der Waals surface area contributed by atoms with E-state index in [4.69, 9.17) is 0 Å². The van der Waals surface area contributed by atoms with Crippen LogP contribution in [0.1, 0.15) is 62.1 Å². The smallest absolute Gasteiger partial charge is 0.257 e. The Morgan fingerprint density at radius 1 is 1.27 bits per heavy atom. The summed E-state index contributed by atoms with van der Waals surface area (Å²) in [4.78, 5) is 25.9. The Morgan fingerprint density at radius 2 is 1.95 bits per heavy atom. The highest BCUT2D eigenvalue weighted by molar-refractivity contribution is 5.93. The van der Waals surface area contributed by atoms with Crippen molar-refractivity contribution in [2.45, 2.75) is 58.0 Å². The van der Waals surface area contributed by atoms with E-state index in [1.54, 1.807) is 12.4 Å². The Bertz CT molecular complexity index is 524. The van der Waals surface area contributed by atoms with Gasteiger partial charge in [-0.25, -0.2) is 9.97 Å². The second-order valence-electron chi connectivity index (χ2n) is 6.75. The van der Waals surface area contributed by atoms with Crippen molar-refractivity contribution < 1.29 is 4.79 Å². The van der Waals surface area contributed by atoms with Crippen LogP contribution in [0.5, 0.6) is 0 Å². The summed E-state index contributed by atoms with van der Waals surface area (Å²) in [6, 6.07) is 0.979. The van der Waals surface area contributed by atoms with E-state index in [0.717, 1.165) is 31.9 Å². The number of aromatic nitrogens is 2. The standard InChI is InChI=1S/C17H26N4O/c1-4-15-11-20(7-8-21(15)12(2)3)17(22)14-9-18-16(19-10-14)13-5-6-13/h9-10,12-13,15H,4-8,11H2,1-3H3/t15-/m0/s1. The zero-order valence-electron chi connectivity index (χ0n) is 13.8. The van der Waals surface area contributed by atoms with Crippen LogP contribution in [0.25, 0.3) is 0 Å². The van der Waals surface area contributed by atoms with Crippen molar-refractivity contribution in [1.29, 1.82) is 0 Å². The maximum atomic E-state index is 12.7. The molecule has 5 nitrogen and oxygen atoms in total. The lowest BCUT2D eigenvalue weighted by Crippen LogP contribution is -2.56. The van der Waals surface area contributed by atoms with Crippen LogP contribution >= 0.6 is 0 Å². The van der Waals surface area contributed by atoms with Gasteiger partial charge in [0.1, 0.15) is 5.82 Å². The molecule has 1 aliphatic carbocycles. The van der Waals surface area contributed by atoms with Crippen molar-refractivity contribution in [3.63, 3.8) is 0 Å². The molecule has 1 amide bonds. The minimum Gasteiger partial charge on any atom is -0.336 e. The molecule has 1 atom stereocenters. The second kappa shape index (κ2) is 6.32. The van der Waals surface area contributed by atoms with Crippen LogP contribution in [0.15, 0.2) is 12.4 Å². The number of rotatable bonds is 4. The Balaban J connectivity index is 1.67. The quantitative estimate of drug-likeness (QED) is 0.856. The van der Waals surface area contributed by atoms with E-state index in [9.17, 15) is 4.79 Å². The molecule has 0 N–H and O–H groups in total. The fraction of sp³-hybridized carbons (Fsp3) is 0.706. The summed E-state index contributed by atoms with van der Waals surface area (Å²) in [5.74, 6) is 1.50. The summed E-state index contributed by atoms with van der Waals surface area (Å²) in [6.07, 6.45) is 6.85. The lowest BCUT2D eigenvalue weighted by molar-refractivity contribution is 0.0371. The van der Waals surface area contributed by atoms with Crippen molar-refractivity contribution >= 4 is 5.91 Å². The average Bonchev–Trinajstić information content (AvgIpc) is 3.38. The molecule has 1 aromatic heterocycles. The van der Waals surface area contributed by atoms with Gasteiger partial charge in [-0.1, -0.05) is 6.92 Å². The second-order valence-corrected chi connectivity index (χ2v) is 6.75. The van der Waals surface area contributed by atoms with Crippen LogP contribution in [0, 0.1) is 0 Å². The first-order valence-corrected chi connectivity index (χ1v) is 8.47. The molecule has 5 heteroatoms. The molecule has 1 aliphatic heterocycles. The van der Waals surface area contributed by atoms with E-state index in [0.29, 0.717) is 23.6 Å². The van der Waals surface area contributed by atoms with E-state index >= 15 is 0 Å². The molecule has 22 heavy (non-hydrogen) atoms. The number of nitrogens with zero attached hydrogens (tertiary/aromatic N) is 4. The predicted octanol–water partition coefficient (Wildman–Crippen LogP) is 2.30. The lowest BCUT2D eigenvalue weighted by atomic mass is 10.1. The van der Waals surface area contributed by atoms with Gasteiger partial charge in [-0.05, 0) is 33.1 Å². The average molecular weight is 302 g/mol. The topological polar surface area (TPSA) is 49.3 Å². The van der Waals surface area contributed by atoms with Gasteiger partial charge in [-0.3, -0.25) is 9.69 Å². The van der Waals surface area contributed by atoms with Gasteiger partial charge in [0, 0.05) is 50.0 Å². The summed E-state index contributed by atoms with van der Waals surface area (Å²) in [5, 5.41) is 0. The van der Waals surface area contributed by atoms with E-state index in [2.05, 4.69) is 35.6 Å². The van der Waals surface area contributed by atoms with Crippen molar-refractivity contribution in [3.05, 3.63) is 23.8 Å². The maximum Gasteiger partial charge on any atom is 0.257 e. The zero-order chi connectivity index (χ0) is 15.7. The molecule has 120 valence electrons. The molecule has 2 heterocycles. The first kappa shape index (κ1) is 15.4. The number of amides is 1. The third-order valence-corrected chi connectivity index (χ3v) is 4.81. The monoisotopic (exact) mass is 302 g/mol. The van der Waals surface area contributed by atoms with Crippen molar-refractivity contribution in [2.24, 2.45) is 0 Å². The van der Waals surface area contributed by atoms with E-state index < -0.39 is 0 Å². The van der Waals surface area contributed by atoms with Crippen LogP contribution in [0.2, 0.25) is 0 Å². The maximum absolute atomic E-state index is 12.7. The Kier molecular flexibility index (Phi) is 4.43. The van der Waals surface area contributed by atoms with Crippen LogP contribution in [0.4, 0.5) is 0 Å². The van der Waals surface area contributed by atoms with Gasteiger partial charge in [0.25, 0.3) is 5.91 Å². The summed E-state index contributed by atoms with van der Waals surface area (Å²) in [5.41, 5.74) is 0.622. The molecule has 0 radical (unpaired) electrons. The number of carbonyl (C=O) groups excluding carboxylic acids is 1. The van der Waals surface area contributed by atoms with Crippen LogP contribution in [-0.2, 0) is 0 Å². The molecule has 0 aromatic carbocycles. The molecular weight excluding hydrogens is 276 g/mol. The normalized spacial score (nSPS) is 23.1.